The molecule has 0 aliphatic carbocycles. The van der Waals surface area contributed by atoms with Gasteiger partial charge in [0.1, 0.15) is 0 Å². The zero-order valence-corrected chi connectivity index (χ0v) is 12.6. The van der Waals surface area contributed by atoms with Gasteiger partial charge in [-0.3, -0.25) is 4.79 Å². The summed E-state index contributed by atoms with van der Waals surface area (Å²) in [6, 6.07) is 5.68. The summed E-state index contributed by atoms with van der Waals surface area (Å²) in [5.74, 6) is 0.276. The van der Waals surface area contributed by atoms with Crippen LogP contribution in [0.3, 0.4) is 0 Å². The molecule has 0 saturated heterocycles. The lowest BCUT2D eigenvalue weighted by molar-refractivity contribution is 0.0368. The normalized spacial score (nSPS) is 14.3. The van der Waals surface area contributed by atoms with Crippen LogP contribution in [-0.4, -0.2) is 23.2 Å². The van der Waals surface area contributed by atoms with Crippen molar-refractivity contribution >= 4 is 5.91 Å². The number of carbonyl (C=O) groups excluding carboxylic acids is 1. The summed E-state index contributed by atoms with van der Waals surface area (Å²) in [5, 5.41) is 13.0. The minimum absolute atomic E-state index is 0.120. The molecule has 0 aromatic heterocycles. The highest BCUT2D eigenvalue weighted by molar-refractivity contribution is 5.95. The minimum atomic E-state index is -0.860. The van der Waals surface area contributed by atoms with Gasteiger partial charge in [-0.05, 0) is 50.3 Å². The van der Waals surface area contributed by atoms with E-state index in [0.717, 1.165) is 11.1 Å². The minimum Gasteiger partial charge on any atom is -0.388 e. The molecule has 1 amide bonds. The maximum Gasteiger partial charge on any atom is 0.251 e. The molecule has 19 heavy (non-hydrogen) atoms. The number of benzene rings is 1. The molecular formula is C16H25NO2. The highest BCUT2D eigenvalue weighted by Gasteiger charge is 2.23. The smallest absolute Gasteiger partial charge is 0.251 e. The molecule has 0 bridgehead atoms. The first-order chi connectivity index (χ1) is 8.73. The van der Waals surface area contributed by atoms with Crippen LogP contribution in [0.4, 0.5) is 0 Å². The van der Waals surface area contributed by atoms with Crippen LogP contribution >= 0.6 is 0 Å². The Morgan fingerprint density at radius 1 is 1.37 bits per heavy atom. The summed E-state index contributed by atoms with van der Waals surface area (Å²) in [5.41, 5.74) is 1.91. The molecule has 2 N–H and O–H groups in total. The summed E-state index contributed by atoms with van der Waals surface area (Å²) in [6.45, 7) is 10.1. The zero-order valence-electron chi connectivity index (χ0n) is 12.6. The van der Waals surface area contributed by atoms with Crippen molar-refractivity contribution in [1.29, 1.82) is 0 Å². The van der Waals surface area contributed by atoms with Gasteiger partial charge in [0.15, 0.2) is 0 Å². The molecule has 1 rings (SSSR count). The quantitative estimate of drug-likeness (QED) is 0.858. The van der Waals surface area contributed by atoms with Crippen LogP contribution in [0.2, 0.25) is 0 Å². The number of aryl methyl sites for hydroxylation is 1. The Kier molecular flexibility index (Phi) is 5.12. The fourth-order valence-electron chi connectivity index (χ4n) is 2.31. The van der Waals surface area contributed by atoms with Gasteiger partial charge in [0.25, 0.3) is 5.91 Å². The number of aliphatic hydroxyl groups is 1. The summed E-state index contributed by atoms with van der Waals surface area (Å²) in [6.07, 6.45) is 0.667. The molecule has 0 spiro atoms. The maximum atomic E-state index is 12.1. The van der Waals surface area contributed by atoms with Crippen molar-refractivity contribution < 1.29 is 9.90 Å². The third kappa shape index (κ3) is 4.67. The van der Waals surface area contributed by atoms with E-state index in [1.54, 1.807) is 6.92 Å². The van der Waals surface area contributed by atoms with Gasteiger partial charge < -0.3 is 10.4 Å². The van der Waals surface area contributed by atoms with Crippen molar-refractivity contribution in [2.75, 3.05) is 6.54 Å². The largest absolute Gasteiger partial charge is 0.388 e. The zero-order chi connectivity index (χ0) is 14.6. The lowest BCUT2D eigenvalue weighted by Crippen LogP contribution is -2.41. The van der Waals surface area contributed by atoms with E-state index < -0.39 is 5.60 Å². The van der Waals surface area contributed by atoms with Gasteiger partial charge in [0, 0.05) is 12.1 Å². The topological polar surface area (TPSA) is 49.3 Å². The Labute approximate surface area is 116 Å². The van der Waals surface area contributed by atoms with Gasteiger partial charge in [-0.2, -0.15) is 0 Å². The highest BCUT2D eigenvalue weighted by Crippen LogP contribution is 2.16. The van der Waals surface area contributed by atoms with E-state index in [1.165, 1.54) is 0 Å². The average Bonchev–Trinajstić information content (AvgIpc) is 2.28. The van der Waals surface area contributed by atoms with Gasteiger partial charge in [0.05, 0.1) is 5.60 Å². The Balaban J connectivity index is 2.68. The molecule has 1 unspecified atom stereocenters. The predicted molar refractivity (Wildman–Crippen MR) is 78.3 cm³/mol. The van der Waals surface area contributed by atoms with E-state index in [1.807, 2.05) is 32.0 Å². The first-order valence-electron chi connectivity index (χ1n) is 6.80. The van der Waals surface area contributed by atoms with Crippen molar-refractivity contribution in [3.05, 3.63) is 34.9 Å². The Morgan fingerprint density at radius 3 is 2.58 bits per heavy atom. The molecule has 0 aliphatic rings. The van der Waals surface area contributed by atoms with Crippen LogP contribution in [0.1, 0.15) is 48.7 Å². The number of carbonyl (C=O) groups is 1. The molecule has 0 heterocycles. The molecule has 106 valence electrons. The summed E-state index contributed by atoms with van der Waals surface area (Å²) in [7, 11) is 0. The first-order valence-corrected chi connectivity index (χ1v) is 6.80. The van der Waals surface area contributed by atoms with E-state index in [0.29, 0.717) is 17.9 Å². The molecule has 0 saturated carbocycles. The average molecular weight is 263 g/mol. The number of amides is 1. The molecule has 0 aliphatic heterocycles. The summed E-state index contributed by atoms with van der Waals surface area (Å²) in [4.78, 5) is 12.1. The molecule has 3 heteroatoms. The lowest BCUT2D eigenvalue weighted by atomic mass is 9.94. The second-order valence-corrected chi connectivity index (χ2v) is 6.03. The fraction of sp³-hybridized carbons (Fsp3) is 0.562. The van der Waals surface area contributed by atoms with Crippen LogP contribution in [-0.2, 0) is 0 Å². The van der Waals surface area contributed by atoms with E-state index in [-0.39, 0.29) is 12.5 Å². The highest BCUT2D eigenvalue weighted by atomic mass is 16.3. The number of hydrogen-bond donors (Lipinski definition) is 2. The van der Waals surface area contributed by atoms with E-state index in [4.69, 9.17) is 0 Å². The van der Waals surface area contributed by atoms with Crippen LogP contribution in [0, 0.1) is 19.8 Å². The molecule has 0 radical (unpaired) electrons. The molecule has 3 nitrogen and oxygen atoms in total. The van der Waals surface area contributed by atoms with Gasteiger partial charge in [-0.25, -0.2) is 0 Å². The van der Waals surface area contributed by atoms with Crippen LogP contribution in [0.5, 0.6) is 0 Å². The molecule has 1 aromatic rings. The molecule has 1 aromatic carbocycles. The van der Waals surface area contributed by atoms with E-state index in [9.17, 15) is 9.90 Å². The monoisotopic (exact) mass is 263 g/mol. The number of hydrogen-bond acceptors (Lipinski definition) is 2. The maximum absolute atomic E-state index is 12.1. The second-order valence-electron chi connectivity index (χ2n) is 6.03. The van der Waals surface area contributed by atoms with E-state index in [2.05, 4.69) is 19.2 Å². The molecule has 0 fully saturated rings. The summed E-state index contributed by atoms with van der Waals surface area (Å²) < 4.78 is 0. The number of nitrogens with one attached hydrogen (secondary N) is 1. The first kappa shape index (κ1) is 15.7. The molecule has 1 atom stereocenters. The van der Waals surface area contributed by atoms with Crippen LogP contribution in [0.15, 0.2) is 18.2 Å². The van der Waals surface area contributed by atoms with Crippen molar-refractivity contribution in [2.24, 2.45) is 5.92 Å². The SMILES string of the molecule is Cc1cccc(C(=O)NCC(C)(O)CC(C)C)c1C. The summed E-state index contributed by atoms with van der Waals surface area (Å²) >= 11 is 0. The molecular weight excluding hydrogens is 238 g/mol. The standard InChI is InChI=1S/C16H25NO2/c1-11(2)9-16(5,19)10-17-15(18)14-8-6-7-12(3)13(14)4/h6-8,11,19H,9-10H2,1-5H3,(H,17,18). The predicted octanol–water partition coefficient (Wildman–Crippen LogP) is 2.83. The van der Waals surface area contributed by atoms with Crippen LogP contribution in [0.25, 0.3) is 0 Å². The Hall–Kier alpha value is -1.35. The Bertz CT molecular complexity index is 450. The van der Waals surface area contributed by atoms with Crippen molar-refractivity contribution in [1.82, 2.24) is 5.32 Å². The van der Waals surface area contributed by atoms with Gasteiger partial charge in [-0.1, -0.05) is 26.0 Å². The fourth-order valence-corrected chi connectivity index (χ4v) is 2.31. The number of rotatable bonds is 5. The van der Waals surface area contributed by atoms with Crippen molar-refractivity contribution in [3.8, 4) is 0 Å². The third-order valence-electron chi connectivity index (χ3n) is 3.33. The van der Waals surface area contributed by atoms with Gasteiger partial charge >= 0.3 is 0 Å². The third-order valence-corrected chi connectivity index (χ3v) is 3.33. The lowest BCUT2D eigenvalue weighted by Gasteiger charge is -2.25. The van der Waals surface area contributed by atoms with Gasteiger partial charge in [0.2, 0.25) is 0 Å². The van der Waals surface area contributed by atoms with Gasteiger partial charge in [-0.15, -0.1) is 0 Å². The van der Waals surface area contributed by atoms with Crippen molar-refractivity contribution in [2.45, 2.75) is 46.6 Å². The van der Waals surface area contributed by atoms with Crippen molar-refractivity contribution in [3.63, 3.8) is 0 Å². The second kappa shape index (κ2) is 6.20. The van der Waals surface area contributed by atoms with Crippen LogP contribution < -0.4 is 5.32 Å². The Morgan fingerprint density at radius 2 is 2.00 bits per heavy atom. The van der Waals surface area contributed by atoms with E-state index >= 15 is 0 Å².